The van der Waals surface area contributed by atoms with Crippen LogP contribution in [-0.4, -0.2) is 0 Å². The van der Waals surface area contributed by atoms with Crippen LogP contribution in [-0.2, 0) is 6.42 Å². The second-order valence-electron chi connectivity index (χ2n) is 5.09. The molecule has 1 aromatic rings. The Hall–Kier alpha value is -1.04. The first-order chi connectivity index (χ1) is 7.25. The summed E-state index contributed by atoms with van der Waals surface area (Å²) < 4.78 is 0. The zero-order valence-electron chi connectivity index (χ0n) is 9.64. The average molecular weight is 198 g/mol. The predicted octanol–water partition coefficient (Wildman–Crippen LogP) is 4.05. The van der Waals surface area contributed by atoms with Crippen molar-refractivity contribution in [3.05, 3.63) is 46.0 Å². The van der Waals surface area contributed by atoms with E-state index < -0.39 is 0 Å². The fraction of sp³-hybridized carbons (Fsp3) is 0.467. The molecule has 0 N–H and O–H groups in total. The highest BCUT2D eigenvalue weighted by molar-refractivity contribution is 5.51. The number of hydrogen-bond donors (Lipinski definition) is 0. The van der Waals surface area contributed by atoms with Gasteiger partial charge in [0.05, 0.1) is 0 Å². The number of hydrogen-bond acceptors (Lipinski definition) is 0. The van der Waals surface area contributed by atoms with Gasteiger partial charge in [0.2, 0.25) is 0 Å². The molecule has 2 aliphatic rings. The van der Waals surface area contributed by atoms with Gasteiger partial charge in [-0.05, 0) is 56.2 Å². The first kappa shape index (κ1) is 9.21. The largest absolute Gasteiger partial charge is 0.0844 e. The molecule has 0 saturated heterocycles. The van der Waals surface area contributed by atoms with Crippen LogP contribution in [0.3, 0.4) is 0 Å². The Morgan fingerprint density at radius 2 is 2.07 bits per heavy atom. The first-order valence-corrected chi connectivity index (χ1v) is 6.04. The molecule has 0 aliphatic heterocycles. The molecule has 0 spiro atoms. The van der Waals surface area contributed by atoms with E-state index in [1.807, 2.05) is 0 Å². The summed E-state index contributed by atoms with van der Waals surface area (Å²) in [4.78, 5) is 0. The third-order valence-electron chi connectivity index (χ3n) is 3.91. The quantitative estimate of drug-likeness (QED) is 0.552. The summed E-state index contributed by atoms with van der Waals surface area (Å²) >= 11 is 0. The van der Waals surface area contributed by atoms with E-state index >= 15 is 0 Å². The lowest BCUT2D eigenvalue weighted by atomic mass is 9.85. The zero-order chi connectivity index (χ0) is 10.4. The summed E-state index contributed by atoms with van der Waals surface area (Å²) in [5.41, 5.74) is 7.90. The molecule has 0 nitrogen and oxygen atoms in total. The summed E-state index contributed by atoms with van der Waals surface area (Å²) in [6.07, 6.45) is 7.77. The van der Waals surface area contributed by atoms with E-state index in [9.17, 15) is 0 Å². The molecule has 0 fully saturated rings. The van der Waals surface area contributed by atoms with E-state index in [0.717, 1.165) is 5.92 Å². The molecule has 0 heterocycles. The van der Waals surface area contributed by atoms with E-state index in [4.69, 9.17) is 0 Å². The van der Waals surface area contributed by atoms with Crippen molar-refractivity contribution < 1.29 is 0 Å². The first-order valence-electron chi connectivity index (χ1n) is 6.04. The monoisotopic (exact) mass is 198 g/mol. The Bertz CT molecular complexity index is 438. The summed E-state index contributed by atoms with van der Waals surface area (Å²) in [5.74, 6) is 0.773. The fourth-order valence-electron chi connectivity index (χ4n) is 3.39. The lowest BCUT2D eigenvalue weighted by Crippen LogP contribution is -2.02. The molecule has 0 aromatic heterocycles. The maximum absolute atomic E-state index is 2.49. The minimum absolute atomic E-state index is 0.773. The Morgan fingerprint density at radius 1 is 1.20 bits per heavy atom. The number of fused-ring (bicyclic) bond motifs is 3. The molecule has 15 heavy (non-hydrogen) atoms. The van der Waals surface area contributed by atoms with Crippen molar-refractivity contribution in [2.24, 2.45) is 0 Å². The van der Waals surface area contributed by atoms with Gasteiger partial charge in [0, 0.05) is 5.92 Å². The number of aryl methyl sites for hydroxylation is 2. The number of allylic oxidation sites excluding steroid dienone is 2. The molecule has 1 aromatic carbocycles. The van der Waals surface area contributed by atoms with Crippen LogP contribution in [0, 0.1) is 13.8 Å². The Kier molecular flexibility index (Phi) is 1.98. The van der Waals surface area contributed by atoms with E-state index in [-0.39, 0.29) is 0 Å². The molecular formula is C15H18. The SMILES string of the molecule is Cc1cc(C)c2c(c1)CC1=CCCCC12. The summed E-state index contributed by atoms with van der Waals surface area (Å²) in [7, 11) is 0. The van der Waals surface area contributed by atoms with Crippen molar-refractivity contribution in [1.29, 1.82) is 0 Å². The summed E-state index contributed by atoms with van der Waals surface area (Å²) in [6.45, 7) is 4.49. The second kappa shape index (κ2) is 3.23. The van der Waals surface area contributed by atoms with Crippen LogP contribution in [0.2, 0.25) is 0 Å². The van der Waals surface area contributed by atoms with Gasteiger partial charge in [-0.2, -0.15) is 0 Å². The van der Waals surface area contributed by atoms with Crippen molar-refractivity contribution >= 4 is 0 Å². The topological polar surface area (TPSA) is 0 Å². The van der Waals surface area contributed by atoms with Crippen LogP contribution in [0.4, 0.5) is 0 Å². The normalized spacial score (nSPS) is 23.3. The molecular weight excluding hydrogens is 180 g/mol. The highest BCUT2D eigenvalue weighted by Gasteiger charge is 2.29. The maximum Gasteiger partial charge on any atom is 0.00570 e. The van der Waals surface area contributed by atoms with Gasteiger partial charge < -0.3 is 0 Å². The van der Waals surface area contributed by atoms with Crippen molar-refractivity contribution in [2.45, 2.75) is 45.4 Å². The zero-order valence-corrected chi connectivity index (χ0v) is 9.64. The van der Waals surface area contributed by atoms with Crippen molar-refractivity contribution in [1.82, 2.24) is 0 Å². The third kappa shape index (κ3) is 1.35. The lowest BCUT2D eigenvalue weighted by Gasteiger charge is -2.19. The Labute approximate surface area is 92.0 Å². The molecule has 78 valence electrons. The van der Waals surface area contributed by atoms with Crippen LogP contribution in [0.1, 0.15) is 47.4 Å². The van der Waals surface area contributed by atoms with Crippen LogP contribution < -0.4 is 0 Å². The van der Waals surface area contributed by atoms with E-state index in [1.54, 1.807) is 16.7 Å². The van der Waals surface area contributed by atoms with Crippen LogP contribution in [0.25, 0.3) is 0 Å². The standard InChI is InChI=1S/C15H18/c1-10-7-11(2)15-13(8-10)9-12-5-3-4-6-14(12)15/h5,7-8,14H,3-4,6,9H2,1-2H3. The van der Waals surface area contributed by atoms with Crippen LogP contribution in [0.5, 0.6) is 0 Å². The van der Waals surface area contributed by atoms with Gasteiger partial charge >= 0.3 is 0 Å². The molecule has 0 bridgehead atoms. The van der Waals surface area contributed by atoms with Gasteiger partial charge in [-0.1, -0.05) is 29.3 Å². The van der Waals surface area contributed by atoms with Crippen molar-refractivity contribution in [3.63, 3.8) is 0 Å². The van der Waals surface area contributed by atoms with Crippen LogP contribution in [0.15, 0.2) is 23.8 Å². The van der Waals surface area contributed by atoms with Gasteiger partial charge in [0.25, 0.3) is 0 Å². The van der Waals surface area contributed by atoms with E-state index in [0.29, 0.717) is 0 Å². The van der Waals surface area contributed by atoms with E-state index in [1.165, 1.54) is 36.8 Å². The fourth-order valence-corrected chi connectivity index (χ4v) is 3.39. The molecule has 0 radical (unpaired) electrons. The second-order valence-corrected chi connectivity index (χ2v) is 5.09. The van der Waals surface area contributed by atoms with Crippen LogP contribution >= 0.6 is 0 Å². The van der Waals surface area contributed by atoms with E-state index in [2.05, 4.69) is 32.1 Å². The van der Waals surface area contributed by atoms with Crippen molar-refractivity contribution in [2.75, 3.05) is 0 Å². The third-order valence-corrected chi connectivity index (χ3v) is 3.91. The van der Waals surface area contributed by atoms with Gasteiger partial charge in [0.15, 0.2) is 0 Å². The predicted molar refractivity (Wildman–Crippen MR) is 64.3 cm³/mol. The summed E-state index contributed by atoms with van der Waals surface area (Å²) in [5, 5.41) is 0. The average Bonchev–Trinajstić information content (AvgIpc) is 2.54. The number of rotatable bonds is 0. The highest BCUT2D eigenvalue weighted by Crippen LogP contribution is 2.45. The van der Waals surface area contributed by atoms with Gasteiger partial charge in [0.1, 0.15) is 0 Å². The molecule has 1 atom stereocenters. The van der Waals surface area contributed by atoms with Crippen molar-refractivity contribution in [3.8, 4) is 0 Å². The molecule has 0 heteroatoms. The Balaban J connectivity index is 2.17. The molecule has 1 unspecified atom stereocenters. The maximum atomic E-state index is 2.49. The van der Waals surface area contributed by atoms with Gasteiger partial charge in [-0.25, -0.2) is 0 Å². The molecule has 2 aliphatic carbocycles. The molecule has 3 rings (SSSR count). The smallest absolute Gasteiger partial charge is 0.00570 e. The van der Waals surface area contributed by atoms with Gasteiger partial charge in [-0.3, -0.25) is 0 Å². The minimum atomic E-state index is 0.773. The minimum Gasteiger partial charge on any atom is -0.0844 e. The molecule has 0 amide bonds. The molecule has 0 saturated carbocycles. The lowest BCUT2D eigenvalue weighted by molar-refractivity contribution is 0.632. The Morgan fingerprint density at radius 3 is 2.93 bits per heavy atom. The highest BCUT2D eigenvalue weighted by atomic mass is 14.3. The summed E-state index contributed by atoms with van der Waals surface area (Å²) in [6, 6.07) is 4.73. The number of benzene rings is 1. The van der Waals surface area contributed by atoms with Gasteiger partial charge in [-0.15, -0.1) is 0 Å².